The van der Waals surface area contributed by atoms with E-state index in [-0.39, 0.29) is 5.84 Å². The third-order valence-electron chi connectivity index (χ3n) is 3.25. The Balaban J connectivity index is 2.24. The maximum Gasteiger partial charge on any atom is 0.311 e. The first-order chi connectivity index (χ1) is 9.97. The van der Waals surface area contributed by atoms with E-state index in [2.05, 4.69) is 15.9 Å². The molecule has 0 spiro atoms. The first kappa shape index (κ1) is 15.3. The monoisotopic (exact) mass is 346 g/mol. The lowest BCUT2D eigenvalue weighted by atomic mass is 9.92. The Morgan fingerprint density at radius 3 is 2.43 bits per heavy atom. The number of rotatable bonds is 5. The van der Waals surface area contributed by atoms with Crippen LogP contribution >= 0.6 is 15.9 Å². The molecular formula is C16H15BrN2O2. The molecule has 0 saturated carbocycles. The molecule has 2 rings (SSSR count). The zero-order chi connectivity index (χ0) is 15.4. The number of hydrogen-bond acceptors (Lipinski definition) is 2. The Bertz CT molecular complexity index is 668. The van der Waals surface area contributed by atoms with Crippen molar-refractivity contribution in [2.45, 2.75) is 12.3 Å². The quantitative estimate of drug-likeness (QED) is 0.574. The maximum absolute atomic E-state index is 11.5. The van der Waals surface area contributed by atoms with Gasteiger partial charge in [0.1, 0.15) is 5.84 Å². The predicted molar refractivity (Wildman–Crippen MR) is 85.7 cm³/mol. The lowest BCUT2D eigenvalue weighted by Crippen LogP contribution is -2.15. The van der Waals surface area contributed by atoms with Gasteiger partial charge in [-0.3, -0.25) is 10.2 Å². The number of carbonyl (C=O) groups is 1. The van der Waals surface area contributed by atoms with Gasteiger partial charge in [-0.1, -0.05) is 52.3 Å². The van der Waals surface area contributed by atoms with E-state index in [1.807, 2.05) is 36.4 Å². The summed E-state index contributed by atoms with van der Waals surface area (Å²) in [4.78, 5) is 11.5. The normalized spacial score (nSPS) is 11.9. The van der Waals surface area contributed by atoms with E-state index in [9.17, 15) is 9.90 Å². The van der Waals surface area contributed by atoms with Crippen molar-refractivity contribution in [2.75, 3.05) is 0 Å². The molecule has 0 radical (unpaired) electrons. The van der Waals surface area contributed by atoms with Gasteiger partial charge in [-0.05, 0) is 29.7 Å². The maximum atomic E-state index is 11.5. The summed E-state index contributed by atoms with van der Waals surface area (Å²) in [5, 5.41) is 16.8. The minimum absolute atomic E-state index is 0.00308. The highest BCUT2D eigenvalue weighted by Gasteiger charge is 2.20. The molecule has 0 aliphatic carbocycles. The molecule has 1 unspecified atom stereocenters. The number of amidine groups is 1. The Labute approximate surface area is 131 Å². The Morgan fingerprint density at radius 2 is 1.90 bits per heavy atom. The van der Waals surface area contributed by atoms with Gasteiger partial charge in [-0.2, -0.15) is 0 Å². The van der Waals surface area contributed by atoms with Crippen molar-refractivity contribution in [3.8, 4) is 0 Å². The number of carboxylic acids is 1. The number of benzene rings is 2. The minimum atomic E-state index is -0.858. The second-order valence-electron chi connectivity index (χ2n) is 4.76. The summed E-state index contributed by atoms with van der Waals surface area (Å²) in [6.07, 6.45) is 0.393. The molecule has 21 heavy (non-hydrogen) atoms. The van der Waals surface area contributed by atoms with Crippen molar-refractivity contribution in [3.63, 3.8) is 0 Å². The van der Waals surface area contributed by atoms with Crippen LogP contribution in [-0.4, -0.2) is 16.9 Å². The van der Waals surface area contributed by atoms with Crippen molar-refractivity contribution in [1.29, 1.82) is 5.41 Å². The van der Waals surface area contributed by atoms with Crippen LogP contribution < -0.4 is 5.73 Å². The molecule has 0 bridgehead atoms. The van der Waals surface area contributed by atoms with Crippen LogP contribution in [0.15, 0.2) is 53.0 Å². The second-order valence-corrected chi connectivity index (χ2v) is 5.68. The van der Waals surface area contributed by atoms with Crippen LogP contribution in [0.4, 0.5) is 0 Å². The van der Waals surface area contributed by atoms with Crippen LogP contribution in [0.2, 0.25) is 0 Å². The van der Waals surface area contributed by atoms with Gasteiger partial charge in [-0.25, -0.2) is 0 Å². The van der Waals surface area contributed by atoms with Crippen molar-refractivity contribution in [1.82, 2.24) is 0 Å². The van der Waals surface area contributed by atoms with Crippen molar-refractivity contribution in [2.24, 2.45) is 5.73 Å². The van der Waals surface area contributed by atoms with Crippen LogP contribution in [0.5, 0.6) is 0 Å². The Hall–Kier alpha value is -2.14. The second kappa shape index (κ2) is 6.54. The van der Waals surface area contributed by atoms with Crippen LogP contribution in [0.3, 0.4) is 0 Å². The predicted octanol–water partition coefficient (Wildman–Crippen LogP) is 3.14. The summed E-state index contributed by atoms with van der Waals surface area (Å²) >= 11 is 3.36. The molecule has 0 aromatic heterocycles. The molecular weight excluding hydrogens is 332 g/mol. The highest BCUT2D eigenvalue weighted by Crippen LogP contribution is 2.24. The minimum Gasteiger partial charge on any atom is -0.481 e. The van der Waals surface area contributed by atoms with Gasteiger partial charge >= 0.3 is 5.97 Å². The summed E-state index contributed by atoms with van der Waals surface area (Å²) in [5.74, 6) is -1.46. The zero-order valence-corrected chi connectivity index (χ0v) is 12.8. The largest absolute Gasteiger partial charge is 0.481 e. The fourth-order valence-corrected chi connectivity index (χ4v) is 2.54. The highest BCUT2D eigenvalue weighted by atomic mass is 79.9. The molecule has 0 fully saturated rings. The van der Waals surface area contributed by atoms with Gasteiger partial charge in [0.2, 0.25) is 0 Å². The number of hydrogen-bond donors (Lipinski definition) is 3. The number of nitrogen functional groups attached to an aromatic ring is 1. The molecule has 0 aliphatic heterocycles. The fraction of sp³-hybridized carbons (Fsp3) is 0.125. The molecule has 4 nitrogen and oxygen atoms in total. The number of carboxylic acid groups (broad SMARTS) is 1. The van der Waals surface area contributed by atoms with Crippen LogP contribution in [0, 0.1) is 5.41 Å². The third-order valence-corrected chi connectivity index (χ3v) is 3.75. The third kappa shape index (κ3) is 3.92. The number of aliphatic carboxylic acids is 1. The lowest BCUT2D eigenvalue weighted by Gasteiger charge is -2.13. The van der Waals surface area contributed by atoms with E-state index in [4.69, 9.17) is 11.1 Å². The molecule has 0 saturated heterocycles. The summed E-state index contributed by atoms with van der Waals surface area (Å²) in [5.41, 5.74) is 7.69. The summed E-state index contributed by atoms with van der Waals surface area (Å²) in [6, 6.07) is 14.4. The van der Waals surface area contributed by atoms with E-state index >= 15 is 0 Å². The van der Waals surface area contributed by atoms with Crippen LogP contribution in [0.25, 0.3) is 0 Å². The lowest BCUT2D eigenvalue weighted by molar-refractivity contribution is -0.138. The highest BCUT2D eigenvalue weighted by molar-refractivity contribution is 9.10. The van der Waals surface area contributed by atoms with Crippen molar-refractivity contribution >= 4 is 27.7 Å². The van der Waals surface area contributed by atoms with Gasteiger partial charge in [0.25, 0.3) is 0 Å². The molecule has 2 aromatic rings. The molecule has 108 valence electrons. The Morgan fingerprint density at radius 1 is 1.24 bits per heavy atom. The van der Waals surface area contributed by atoms with Gasteiger partial charge in [0.05, 0.1) is 5.92 Å². The SMILES string of the molecule is N=C(N)c1ccc(CC(C(=O)O)c2cccc(Br)c2)cc1. The standard InChI is InChI=1S/C16H15BrN2O2/c17-13-3-1-2-12(9-13)14(16(20)21)8-10-4-6-11(7-5-10)15(18)19/h1-7,9,14H,8H2,(H3,18,19)(H,20,21). The van der Waals surface area contributed by atoms with Gasteiger partial charge in [0, 0.05) is 10.0 Å². The van der Waals surface area contributed by atoms with Crippen molar-refractivity contribution in [3.05, 3.63) is 69.7 Å². The summed E-state index contributed by atoms with van der Waals surface area (Å²) in [6.45, 7) is 0. The van der Waals surface area contributed by atoms with E-state index in [1.54, 1.807) is 12.1 Å². The van der Waals surface area contributed by atoms with E-state index in [0.717, 1.165) is 15.6 Å². The number of nitrogens with two attached hydrogens (primary N) is 1. The molecule has 2 aromatic carbocycles. The first-order valence-electron chi connectivity index (χ1n) is 6.39. The topological polar surface area (TPSA) is 87.2 Å². The van der Waals surface area contributed by atoms with Gasteiger partial charge in [-0.15, -0.1) is 0 Å². The average Bonchev–Trinajstić information content (AvgIpc) is 2.45. The average molecular weight is 347 g/mol. The van der Waals surface area contributed by atoms with E-state index < -0.39 is 11.9 Å². The molecule has 0 amide bonds. The zero-order valence-electron chi connectivity index (χ0n) is 11.2. The van der Waals surface area contributed by atoms with E-state index in [1.165, 1.54) is 0 Å². The van der Waals surface area contributed by atoms with Crippen LogP contribution in [0.1, 0.15) is 22.6 Å². The summed E-state index contributed by atoms with van der Waals surface area (Å²) in [7, 11) is 0. The van der Waals surface area contributed by atoms with E-state index in [0.29, 0.717) is 12.0 Å². The fourth-order valence-electron chi connectivity index (χ4n) is 2.13. The molecule has 1 atom stereocenters. The van der Waals surface area contributed by atoms with Crippen LogP contribution in [-0.2, 0) is 11.2 Å². The Kier molecular flexibility index (Phi) is 4.75. The first-order valence-corrected chi connectivity index (χ1v) is 7.18. The smallest absolute Gasteiger partial charge is 0.311 e. The molecule has 4 N–H and O–H groups in total. The number of halogens is 1. The molecule has 0 aliphatic rings. The van der Waals surface area contributed by atoms with Crippen molar-refractivity contribution < 1.29 is 9.90 Å². The molecule has 5 heteroatoms. The number of nitrogens with one attached hydrogen (secondary N) is 1. The summed E-state index contributed by atoms with van der Waals surface area (Å²) < 4.78 is 0.859. The molecule has 0 heterocycles. The van der Waals surface area contributed by atoms with Gasteiger partial charge < -0.3 is 10.8 Å². The van der Waals surface area contributed by atoms with Gasteiger partial charge in [0.15, 0.2) is 0 Å².